The molecule has 0 aromatic carbocycles. The molecule has 6 heteroatoms. The van der Waals surface area contributed by atoms with E-state index in [0.717, 1.165) is 25.7 Å². The van der Waals surface area contributed by atoms with Crippen molar-refractivity contribution in [2.45, 2.75) is 148 Å². The number of carbonyl (C=O) groups is 2. The highest BCUT2D eigenvalue weighted by molar-refractivity contribution is 5.72. The molecule has 6 N–H and O–H groups in total. The van der Waals surface area contributed by atoms with E-state index in [1.807, 2.05) is 0 Å². The van der Waals surface area contributed by atoms with E-state index in [1.165, 1.54) is 96.3 Å². The summed E-state index contributed by atoms with van der Waals surface area (Å²) < 4.78 is 0. The standard InChI is InChI=1S/C20H40O2.C6H14N2O2/c1-2-3-4-5-6-7-8-9-10-11-12-13-14-15-16-17-18-19-20(21)22;7-4-2-1-3-5(8)6(9)10/h2-19H2,1H3,(H,21,22);5H,1-4,7-8H2,(H,9,10)/t;5-/m.0/s1. The Labute approximate surface area is 197 Å². The smallest absolute Gasteiger partial charge is 0.320 e. The highest BCUT2D eigenvalue weighted by atomic mass is 16.4. The topological polar surface area (TPSA) is 127 Å². The van der Waals surface area contributed by atoms with Crippen molar-refractivity contribution in [3.8, 4) is 0 Å². The van der Waals surface area contributed by atoms with E-state index in [0.29, 0.717) is 19.4 Å². The minimum atomic E-state index is -0.933. The molecule has 0 aromatic rings. The van der Waals surface area contributed by atoms with Crippen molar-refractivity contribution in [1.82, 2.24) is 0 Å². The van der Waals surface area contributed by atoms with Gasteiger partial charge in [-0.1, -0.05) is 116 Å². The molecule has 0 rings (SSSR count). The van der Waals surface area contributed by atoms with E-state index in [4.69, 9.17) is 21.7 Å². The van der Waals surface area contributed by atoms with Gasteiger partial charge in [-0.2, -0.15) is 0 Å². The summed E-state index contributed by atoms with van der Waals surface area (Å²) in [6.07, 6.45) is 25.3. The maximum atomic E-state index is 10.4. The second-order valence-electron chi connectivity index (χ2n) is 9.03. The van der Waals surface area contributed by atoms with Crippen molar-refractivity contribution in [2.24, 2.45) is 11.5 Å². The summed E-state index contributed by atoms with van der Waals surface area (Å²) in [4.78, 5) is 20.5. The van der Waals surface area contributed by atoms with Crippen molar-refractivity contribution in [2.75, 3.05) is 6.54 Å². The first-order valence-electron chi connectivity index (χ1n) is 13.4. The molecule has 32 heavy (non-hydrogen) atoms. The van der Waals surface area contributed by atoms with Crippen LogP contribution in [0.4, 0.5) is 0 Å². The lowest BCUT2D eigenvalue weighted by atomic mass is 10.0. The monoisotopic (exact) mass is 458 g/mol. The summed E-state index contributed by atoms with van der Waals surface area (Å²) >= 11 is 0. The van der Waals surface area contributed by atoms with Gasteiger partial charge in [-0.25, -0.2) is 0 Å². The zero-order valence-electron chi connectivity index (χ0n) is 21.0. The molecule has 0 heterocycles. The van der Waals surface area contributed by atoms with Crippen LogP contribution in [0.3, 0.4) is 0 Å². The lowest BCUT2D eigenvalue weighted by molar-refractivity contribution is -0.139. The van der Waals surface area contributed by atoms with Crippen LogP contribution in [0.1, 0.15) is 142 Å². The number of carboxylic acids is 2. The molecule has 6 nitrogen and oxygen atoms in total. The first-order chi connectivity index (χ1) is 15.5. The van der Waals surface area contributed by atoms with Crippen LogP contribution in [0.25, 0.3) is 0 Å². The van der Waals surface area contributed by atoms with E-state index < -0.39 is 18.0 Å². The van der Waals surface area contributed by atoms with Crippen LogP contribution in [0.15, 0.2) is 0 Å². The van der Waals surface area contributed by atoms with Crippen LogP contribution in [-0.2, 0) is 9.59 Å². The minimum Gasteiger partial charge on any atom is -0.481 e. The summed E-state index contributed by atoms with van der Waals surface area (Å²) in [6, 6.07) is -0.716. The van der Waals surface area contributed by atoms with Gasteiger partial charge in [-0.3, -0.25) is 9.59 Å². The predicted octanol–water partition coefficient (Wildman–Crippen LogP) is 6.64. The van der Waals surface area contributed by atoms with Gasteiger partial charge in [0.1, 0.15) is 6.04 Å². The maximum absolute atomic E-state index is 10.4. The SMILES string of the molecule is CCCCCCCCCCCCCCCCCCCC(=O)O.NCCCC[C@H](N)C(=O)O. The zero-order valence-corrected chi connectivity index (χ0v) is 21.0. The predicted molar refractivity (Wildman–Crippen MR) is 135 cm³/mol. The molecule has 0 aliphatic rings. The fraction of sp³-hybridized carbons (Fsp3) is 0.923. The van der Waals surface area contributed by atoms with Crippen molar-refractivity contribution in [1.29, 1.82) is 0 Å². The van der Waals surface area contributed by atoms with E-state index in [2.05, 4.69) is 6.92 Å². The molecule has 0 saturated heterocycles. The Balaban J connectivity index is 0. The lowest BCUT2D eigenvalue weighted by Gasteiger charge is -2.03. The van der Waals surface area contributed by atoms with Gasteiger partial charge in [-0.15, -0.1) is 0 Å². The average molecular weight is 459 g/mol. The molecule has 192 valence electrons. The fourth-order valence-corrected chi connectivity index (χ4v) is 3.63. The van der Waals surface area contributed by atoms with Gasteiger partial charge in [-0.05, 0) is 25.8 Å². The first-order valence-corrected chi connectivity index (χ1v) is 13.4. The van der Waals surface area contributed by atoms with Gasteiger partial charge < -0.3 is 21.7 Å². The summed E-state index contributed by atoms with van der Waals surface area (Å²) in [6.45, 7) is 2.88. The molecule has 0 aliphatic heterocycles. The van der Waals surface area contributed by atoms with Crippen LogP contribution < -0.4 is 11.5 Å². The van der Waals surface area contributed by atoms with Crippen LogP contribution >= 0.6 is 0 Å². The van der Waals surface area contributed by atoms with E-state index in [-0.39, 0.29) is 0 Å². The van der Waals surface area contributed by atoms with Crippen molar-refractivity contribution >= 4 is 11.9 Å². The largest absolute Gasteiger partial charge is 0.481 e. The molecule has 0 bridgehead atoms. The Morgan fingerprint density at radius 2 is 1.00 bits per heavy atom. The summed E-state index contributed by atoms with van der Waals surface area (Å²) in [7, 11) is 0. The van der Waals surface area contributed by atoms with Gasteiger partial charge >= 0.3 is 11.9 Å². The number of rotatable bonds is 23. The van der Waals surface area contributed by atoms with E-state index >= 15 is 0 Å². The Hall–Kier alpha value is -1.14. The van der Waals surface area contributed by atoms with Crippen LogP contribution in [0, 0.1) is 0 Å². The Kier molecular flexibility index (Phi) is 28.8. The van der Waals surface area contributed by atoms with Crippen LogP contribution in [-0.4, -0.2) is 34.7 Å². The third-order valence-electron chi connectivity index (χ3n) is 5.78. The normalized spacial score (nSPS) is 11.6. The van der Waals surface area contributed by atoms with Gasteiger partial charge in [0.2, 0.25) is 0 Å². The zero-order chi connectivity index (χ0) is 24.3. The number of hydrogen-bond donors (Lipinski definition) is 4. The molecule has 1 atom stereocenters. The Morgan fingerprint density at radius 3 is 1.31 bits per heavy atom. The minimum absolute atomic E-state index is 0.346. The number of nitrogens with two attached hydrogens (primary N) is 2. The third kappa shape index (κ3) is 31.0. The molecule has 0 radical (unpaired) electrons. The van der Waals surface area contributed by atoms with Gasteiger partial charge in [0.05, 0.1) is 0 Å². The number of carboxylic acid groups (broad SMARTS) is 2. The van der Waals surface area contributed by atoms with Gasteiger partial charge in [0.15, 0.2) is 0 Å². The van der Waals surface area contributed by atoms with Crippen molar-refractivity contribution in [3.05, 3.63) is 0 Å². The van der Waals surface area contributed by atoms with Gasteiger partial charge in [0.25, 0.3) is 0 Å². The third-order valence-corrected chi connectivity index (χ3v) is 5.78. The van der Waals surface area contributed by atoms with Crippen molar-refractivity contribution in [3.63, 3.8) is 0 Å². The second kappa shape index (κ2) is 27.9. The molecule has 0 saturated carbocycles. The summed E-state index contributed by atoms with van der Waals surface area (Å²) in [5.41, 5.74) is 10.4. The highest BCUT2D eigenvalue weighted by Crippen LogP contribution is 2.14. The number of hydrogen-bond acceptors (Lipinski definition) is 4. The number of unbranched alkanes of at least 4 members (excludes halogenated alkanes) is 17. The highest BCUT2D eigenvalue weighted by Gasteiger charge is 2.09. The maximum Gasteiger partial charge on any atom is 0.320 e. The molecule has 0 spiro atoms. The molecule has 0 amide bonds. The van der Waals surface area contributed by atoms with Crippen molar-refractivity contribution < 1.29 is 19.8 Å². The second-order valence-corrected chi connectivity index (χ2v) is 9.03. The molecular weight excluding hydrogens is 404 g/mol. The number of aliphatic carboxylic acids is 2. The Bertz CT molecular complexity index is 405. The molecular formula is C26H54N2O4. The van der Waals surface area contributed by atoms with Crippen LogP contribution in [0.5, 0.6) is 0 Å². The Morgan fingerprint density at radius 1 is 0.625 bits per heavy atom. The summed E-state index contributed by atoms with van der Waals surface area (Å²) in [5, 5.41) is 16.9. The van der Waals surface area contributed by atoms with E-state index in [1.54, 1.807) is 0 Å². The first kappa shape index (κ1) is 33.0. The average Bonchev–Trinajstić information content (AvgIpc) is 2.76. The lowest BCUT2D eigenvalue weighted by Crippen LogP contribution is -2.29. The van der Waals surface area contributed by atoms with E-state index in [9.17, 15) is 9.59 Å². The molecule has 0 aliphatic carbocycles. The molecule has 0 aromatic heterocycles. The molecule has 0 unspecified atom stereocenters. The molecule has 0 fully saturated rings. The fourth-order valence-electron chi connectivity index (χ4n) is 3.63. The van der Waals surface area contributed by atoms with Gasteiger partial charge in [0, 0.05) is 6.42 Å². The quantitative estimate of drug-likeness (QED) is 0.127. The summed E-state index contributed by atoms with van der Waals surface area (Å²) in [5.74, 6) is -1.59. The van der Waals surface area contributed by atoms with Crippen LogP contribution in [0.2, 0.25) is 0 Å².